The standard InChI is InChI=1S/C10H16N2O6/c1-17-10(5-13)4-6(14)8(18-10)12-3-2-7(15)11-9(12)16/h2-3,6,8-9,13-14,16H,4-5H2,1H3,(H,11,15). The molecular weight excluding hydrogens is 244 g/mol. The minimum absolute atomic E-state index is 0.0652. The van der Waals surface area contributed by atoms with Gasteiger partial charge in [0, 0.05) is 25.8 Å². The number of hydrogen-bond donors (Lipinski definition) is 4. The van der Waals surface area contributed by atoms with Gasteiger partial charge in [-0.25, -0.2) is 0 Å². The lowest BCUT2D eigenvalue weighted by Crippen LogP contribution is -2.55. The molecule has 0 aliphatic carbocycles. The molecule has 1 amide bonds. The monoisotopic (exact) mass is 260 g/mol. The first-order chi connectivity index (χ1) is 8.51. The molecule has 0 aromatic carbocycles. The largest absolute Gasteiger partial charge is 0.391 e. The fourth-order valence-electron chi connectivity index (χ4n) is 2.03. The van der Waals surface area contributed by atoms with Gasteiger partial charge in [-0.1, -0.05) is 0 Å². The number of aliphatic hydroxyl groups excluding tert-OH is 3. The smallest absolute Gasteiger partial charge is 0.248 e. The fraction of sp³-hybridized carbons (Fsp3) is 0.700. The minimum atomic E-state index is -1.30. The van der Waals surface area contributed by atoms with Crippen LogP contribution in [0.25, 0.3) is 0 Å². The zero-order valence-corrected chi connectivity index (χ0v) is 9.81. The van der Waals surface area contributed by atoms with Gasteiger partial charge >= 0.3 is 0 Å². The third kappa shape index (κ3) is 2.20. The Labute approximate surface area is 103 Å². The summed E-state index contributed by atoms with van der Waals surface area (Å²) in [6.45, 7) is -0.420. The van der Waals surface area contributed by atoms with Crippen LogP contribution < -0.4 is 5.32 Å². The van der Waals surface area contributed by atoms with Crippen molar-refractivity contribution >= 4 is 5.91 Å². The van der Waals surface area contributed by atoms with Gasteiger partial charge in [0.05, 0.1) is 6.61 Å². The van der Waals surface area contributed by atoms with Crippen molar-refractivity contribution < 1.29 is 29.6 Å². The van der Waals surface area contributed by atoms with Gasteiger partial charge < -0.3 is 35.0 Å². The van der Waals surface area contributed by atoms with Crippen molar-refractivity contribution in [1.29, 1.82) is 0 Å². The summed E-state index contributed by atoms with van der Waals surface area (Å²) in [5.41, 5.74) is 0. The maximum absolute atomic E-state index is 11.0. The van der Waals surface area contributed by atoms with Crippen molar-refractivity contribution in [1.82, 2.24) is 10.2 Å². The van der Waals surface area contributed by atoms with Gasteiger partial charge in [0.2, 0.25) is 12.3 Å². The zero-order chi connectivity index (χ0) is 13.3. The second kappa shape index (κ2) is 4.82. The normalized spacial score (nSPS) is 40.1. The highest BCUT2D eigenvalue weighted by Gasteiger charge is 2.49. The molecule has 4 unspecified atom stereocenters. The number of aliphatic hydroxyl groups is 3. The van der Waals surface area contributed by atoms with Crippen LogP contribution >= 0.6 is 0 Å². The van der Waals surface area contributed by atoms with Gasteiger partial charge in [0.25, 0.3) is 0 Å². The Morgan fingerprint density at radius 1 is 1.67 bits per heavy atom. The molecule has 2 heterocycles. The highest BCUT2D eigenvalue weighted by atomic mass is 16.7. The Balaban J connectivity index is 2.15. The predicted octanol–water partition coefficient (Wildman–Crippen LogP) is -2.35. The molecule has 1 saturated heterocycles. The Morgan fingerprint density at radius 3 is 2.89 bits per heavy atom. The first-order valence-corrected chi connectivity index (χ1v) is 5.47. The van der Waals surface area contributed by atoms with Gasteiger partial charge in [0.1, 0.15) is 6.10 Å². The zero-order valence-electron chi connectivity index (χ0n) is 9.81. The van der Waals surface area contributed by atoms with Crippen molar-refractivity contribution in [3.63, 3.8) is 0 Å². The van der Waals surface area contributed by atoms with Gasteiger partial charge in [-0.2, -0.15) is 0 Å². The molecule has 0 radical (unpaired) electrons. The van der Waals surface area contributed by atoms with Crippen LogP contribution in [0.15, 0.2) is 12.3 Å². The summed E-state index contributed by atoms with van der Waals surface area (Å²) >= 11 is 0. The van der Waals surface area contributed by atoms with E-state index in [0.29, 0.717) is 0 Å². The lowest BCUT2D eigenvalue weighted by Gasteiger charge is -2.36. The van der Waals surface area contributed by atoms with Crippen molar-refractivity contribution in [2.45, 2.75) is 30.9 Å². The second-order valence-electron chi connectivity index (χ2n) is 4.20. The molecule has 8 nitrogen and oxygen atoms in total. The van der Waals surface area contributed by atoms with E-state index in [4.69, 9.17) is 9.47 Å². The average molecular weight is 260 g/mol. The minimum Gasteiger partial charge on any atom is -0.391 e. The van der Waals surface area contributed by atoms with Crippen molar-refractivity contribution in [2.24, 2.45) is 0 Å². The molecule has 102 valence electrons. The number of amides is 1. The van der Waals surface area contributed by atoms with Crippen LogP contribution in [-0.2, 0) is 14.3 Å². The van der Waals surface area contributed by atoms with Gasteiger partial charge in [-0.15, -0.1) is 0 Å². The van der Waals surface area contributed by atoms with Crippen LogP contribution in [-0.4, -0.2) is 64.3 Å². The van der Waals surface area contributed by atoms with Crippen molar-refractivity contribution in [3.05, 3.63) is 12.3 Å². The number of nitrogens with one attached hydrogen (secondary N) is 1. The highest BCUT2D eigenvalue weighted by molar-refractivity contribution is 5.88. The summed E-state index contributed by atoms with van der Waals surface area (Å²) in [6.07, 6.45) is -0.589. The molecule has 0 aromatic heterocycles. The Hall–Kier alpha value is -1.19. The lowest BCUT2D eigenvalue weighted by atomic mass is 10.1. The van der Waals surface area contributed by atoms with E-state index in [-0.39, 0.29) is 6.42 Å². The van der Waals surface area contributed by atoms with E-state index in [1.54, 1.807) is 0 Å². The molecule has 0 spiro atoms. The van der Waals surface area contributed by atoms with E-state index in [9.17, 15) is 20.1 Å². The predicted molar refractivity (Wildman–Crippen MR) is 57.5 cm³/mol. The lowest BCUT2D eigenvalue weighted by molar-refractivity contribution is -0.259. The van der Waals surface area contributed by atoms with Crippen LogP contribution in [0.4, 0.5) is 0 Å². The molecule has 2 aliphatic heterocycles. The van der Waals surface area contributed by atoms with Crippen LogP contribution in [0.3, 0.4) is 0 Å². The van der Waals surface area contributed by atoms with E-state index in [1.807, 2.05) is 0 Å². The van der Waals surface area contributed by atoms with Gasteiger partial charge in [0.15, 0.2) is 12.0 Å². The van der Waals surface area contributed by atoms with Gasteiger partial charge in [-0.05, 0) is 0 Å². The Morgan fingerprint density at radius 2 is 2.39 bits per heavy atom. The van der Waals surface area contributed by atoms with E-state index < -0.39 is 37.0 Å². The first-order valence-electron chi connectivity index (χ1n) is 5.47. The SMILES string of the molecule is COC1(CO)CC(O)C(N2C=CC(=O)NC2O)O1. The maximum Gasteiger partial charge on any atom is 0.248 e. The molecule has 0 bridgehead atoms. The Bertz CT molecular complexity index is 356. The summed E-state index contributed by atoms with van der Waals surface area (Å²) in [4.78, 5) is 12.2. The molecule has 0 aromatic rings. The molecule has 0 saturated carbocycles. The third-order valence-electron chi connectivity index (χ3n) is 3.04. The summed E-state index contributed by atoms with van der Waals surface area (Å²) in [6, 6.07) is 0. The van der Waals surface area contributed by atoms with Crippen LogP contribution in [0.1, 0.15) is 6.42 Å². The number of rotatable bonds is 3. The first kappa shape index (κ1) is 13.2. The summed E-state index contributed by atoms with van der Waals surface area (Å²) in [7, 11) is 1.36. The highest BCUT2D eigenvalue weighted by Crippen LogP contribution is 2.33. The molecule has 2 aliphatic rings. The maximum atomic E-state index is 11.0. The molecule has 1 fully saturated rings. The molecule has 4 N–H and O–H groups in total. The van der Waals surface area contributed by atoms with E-state index >= 15 is 0 Å². The second-order valence-corrected chi connectivity index (χ2v) is 4.20. The Kier molecular flexibility index (Phi) is 3.55. The quantitative estimate of drug-likeness (QED) is 0.449. The molecule has 4 atom stereocenters. The molecule has 18 heavy (non-hydrogen) atoms. The average Bonchev–Trinajstić information content (AvgIpc) is 2.67. The summed E-state index contributed by atoms with van der Waals surface area (Å²) < 4.78 is 10.5. The summed E-state index contributed by atoms with van der Waals surface area (Å²) in [5, 5.41) is 31.1. The van der Waals surface area contributed by atoms with Crippen LogP contribution in [0, 0.1) is 0 Å². The van der Waals surface area contributed by atoms with Crippen molar-refractivity contribution in [3.8, 4) is 0 Å². The van der Waals surface area contributed by atoms with Crippen LogP contribution in [0.2, 0.25) is 0 Å². The molecule has 2 rings (SSSR count). The van der Waals surface area contributed by atoms with Crippen LogP contribution in [0.5, 0.6) is 0 Å². The number of carbonyl (C=O) groups excluding carboxylic acids is 1. The van der Waals surface area contributed by atoms with E-state index in [1.165, 1.54) is 24.3 Å². The molecule has 8 heteroatoms. The number of ether oxygens (including phenoxy) is 2. The number of nitrogens with zero attached hydrogens (tertiary/aromatic N) is 1. The van der Waals surface area contributed by atoms with E-state index in [0.717, 1.165) is 0 Å². The topological polar surface area (TPSA) is 111 Å². The number of carbonyl (C=O) groups is 1. The number of hydrogen-bond acceptors (Lipinski definition) is 7. The molecular formula is C10H16N2O6. The van der Waals surface area contributed by atoms with Crippen molar-refractivity contribution in [2.75, 3.05) is 13.7 Å². The summed E-state index contributed by atoms with van der Waals surface area (Å²) in [5.74, 6) is -1.73. The van der Waals surface area contributed by atoms with E-state index in [2.05, 4.69) is 5.32 Å². The fourth-order valence-corrected chi connectivity index (χ4v) is 2.03. The number of methoxy groups -OCH3 is 1. The van der Waals surface area contributed by atoms with Gasteiger partial charge in [-0.3, -0.25) is 4.79 Å². The third-order valence-corrected chi connectivity index (χ3v) is 3.04.